The van der Waals surface area contributed by atoms with Crippen LogP contribution in [0.3, 0.4) is 0 Å². The number of aliphatic hydroxyl groups is 2. The smallest absolute Gasteiger partial charge is 0.185 e. The molecule has 7 heteroatoms. The first-order valence-electron chi connectivity index (χ1n) is 4.20. The fourth-order valence-corrected chi connectivity index (χ4v) is 1.43. The maximum atomic E-state index is 9.57. The molecule has 1 rings (SSSR count). The molecule has 0 aromatic carbocycles. The van der Waals surface area contributed by atoms with Gasteiger partial charge in [0, 0.05) is 12.0 Å². The highest BCUT2D eigenvalue weighted by molar-refractivity contribution is 4.92. The highest BCUT2D eigenvalue weighted by Crippen LogP contribution is 2.23. The molecule has 0 aromatic heterocycles. The zero-order valence-electron chi connectivity index (χ0n) is 7.94. The molecule has 1 aliphatic heterocycles. The number of rotatable bonds is 2. The van der Waals surface area contributed by atoms with Gasteiger partial charge in [-0.3, -0.25) is 0 Å². The summed E-state index contributed by atoms with van der Waals surface area (Å²) in [6.45, 7) is 1.64. The van der Waals surface area contributed by atoms with Crippen LogP contribution in [0.1, 0.15) is 6.92 Å². The minimum Gasteiger partial charge on any atom is -0.390 e. The molecule has 0 spiro atoms. The van der Waals surface area contributed by atoms with E-state index in [2.05, 4.69) is 10.0 Å². The molecule has 80 valence electrons. The average Bonchev–Trinajstić information content (AvgIpc) is 2.18. The van der Waals surface area contributed by atoms with Crippen molar-refractivity contribution in [2.75, 3.05) is 7.11 Å². The molecule has 0 aliphatic carbocycles. The van der Waals surface area contributed by atoms with Crippen molar-refractivity contribution in [2.45, 2.75) is 37.6 Å². The van der Waals surface area contributed by atoms with Crippen molar-refractivity contribution in [1.82, 2.24) is 0 Å². The largest absolute Gasteiger partial charge is 0.390 e. The van der Waals surface area contributed by atoms with Crippen LogP contribution in [0.4, 0.5) is 0 Å². The van der Waals surface area contributed by atoms with E-state index in [0.717, 1.165) is 0 Å². The van der Waals surface area contributed by atoms with Crippen LogP contribution in [0.25, 0.3) is 10.4 Å². The molecule has 7 nitrogen and oxygen atoms in total. The molecule has 0 unspecified atom stereocenters. The summed E-state index contributed by atoms with van der Waals surface area (Å²) in [5.41, 5.74) is 8.24. The molecule has 0 aromatic rings. The Morgan fingerprint density at radius 2 is 2.07 bits per heavy atom. The summed E-state index contributed by atoms with van der Waals surface area (Å²) in [6.07, 6.45) is -3.74. The van der Waals surface area contributed by atoms with E-state index in [4.69, 9.17) is 15.0 Å². The summed E-state index contributed by atoms with van der Waals surface area (Å²) in [6, 6.07) is -0.790. The van der Waals surface area contributed by atoms with Crippen LogP contribution in [-0.2, 0) is 9.47 Å². The van der Waals surface area contributed by atoms with Crippen molar-refractivity contribution >= 4 is 0 Å². The van der Waals surface area contributed by atoms with E-state index < -0.39 is 30.6 Å². The number of nitrogens with zero attached hydrogens (tertiary/aromatic N) is 3. The molecule has 5 atom stereocenters. The Balaban J connectivity index is 2.78. The monoisotopic (exact) mass is 203 g/mol. The number of azide groups is 1. The van der Waals surface area contributed by atoms with Gasteiger partial charge in [-0.15, -0.1) is 0 Å². The summed E-state index contributed by atoms with van der Waals surface area (Å²) in [5.74, 6) is 0. The Kier molecular flexibility index (Phi) is 3.68. The van der Waals surface area contributed by atoms with Gasteiger partial charge in [-0.2, -0.15) is 0 Å². The van der Waals surface area contributed by atoms with Crippen molar-refractivity contribution in [2.24, 2.45) is 5.11 Å². The van der Waals surface area contributed by atoms with Gasteiger partial charge in [0.25, 0.3) is 0 Å². The normalized spacial score (nSPS) is 43.0. The molecule has 0 saturated carbocycles. The lowest BCUT2D eigenvalue weighted by molar-refractivity contribution is -0.260. The Bertz CT molecular complexity index is 243. The van der Waals surface area contributed by atoms with Crippen LogP contribution in [0.2, 0.25) is 0 Å². The molecule has 2 N–H and O–H groups in total. The van der Waals surface area contributed by atoms with Gasteiger partial charge in [-0.1, -0.05) is 5.11 Å². The molecule has 1 heterocycles. The second-order valence-corrected chi connectivity index (χ2v) is 3.12. The molecule has 14 heavy (non-hydrogen) atoms. The molecule has 1 saturated heterocycles. The van der Waals surface area contributed by atoms with E-state index in [0.29, 0.717) is 0 Å². The van der Waals surface area contributed by atoms with Gasteiger partial charge in [0.1, 0.15) is 6.10 Å². The third-order valence-corrected chi connectivity index (χ3v) is 2.23. The van der Waals surface area contributed by atoms with Crippen molar-refractivity contribution in [3.63, 3.8) is 0 Å². The molecule has 1 aliphatic rings. The Morgan fingerprint density at radius 1 is 1.43 bits per heavy atom. The number of hydrogen-bond acceptors (Lipinski definition) is 5. The number of aliphatic hydroxyl groups excluding tert-OH is 2. The first-order chi connectivity index (χ1) is 6.61. The average molecular weight is 203 g/mol. The van der Waals surface area contributed by atoms with Crippen molar-refractivity contribution in [3.8, 4) is 0 Å². The maximum absolute atomic E-state index is 9.57. The summed E-state index contributed by atoms with van der Waals surface area (Å²) in [7, 11) is 1.36. The number of methoxy groups -OCH3 is 1. The predicted molar refractivity (Wildman–Crippen MR) is 46.3 cm³/mol. The zero-order chi connectivity index (χ0) is 10.7. The maximum Gasteiger partial charge on any atom is 0.185 e. The van der Waals surface area contributed by atoms with E-state index >= 15 is 0 Å². The quantitative estimate of drug-likeness (QED) is 0.367. The Hall–Kier alpha value is -0.850. The van der Waals surface area contributed by atoms with Gasteiger partial charge in [0.05, 0.1) is 18.2 Å². The van der Waals surface area contributed by atoms with E-state index in [-0.39, 0.29) is 0 Å². The Labute approximate surface area is 80.9 Å². The molecular formula is C7H13N3O4. The van der Waals surface area contributed by atoms with E-state index in [1.165, 1.54) is 7.11 Å². The minimum absolute atomic E-state index is 0.491. The highest BCUT2D eigenvalue weighted by atomic mass is 16.7. The van der Waals surface area contributed by atoms with Gasteiger partial charge < -0.3 is 19.7 Å². The van der Waals surface area contributed by atoms with Gasteiger partial charge in [-0.25, -0.2) is 0 Å². The van der Waals surface area contributed by atoms with Crippen molar-refractivity contribution in [1.29, 1.82) is 0 Å². The van der Waals surface area contributed by atoms with Gasteiger partial charge in [0.15, 0.2) is 6.29 Å². The first kappa shape index (κ1) is 11.2. The molecule has 0 amide bonds. The van der Waals surface area contributed by atoms with Crippen LogP contribution in [-0.4, -0.2) is 48.0 Å². The fraction of sp³-hybridized carbons (Fsp3) is 1.00. The van der Waals surface area contributed by atoms with Crippen LogP contribution in [0.15, 0.2) is 5.11 Å². The van der Waals surface area contributed by atoms with Gasteiger partial charge in [0.2, 0.25) is 0 Å². The van der Waals surface area contributed by atoms with Gasteiger partial charge in [-0.05, 0) is 12.5 Å². The second kappa shape index (κ2) is 4.59. The zero-order valence-corrected chi connectivity index (χ0v) is 7.94. The van der Waals surface area contributed by atoms with E-state index in [1.54, 1.807) is 6.92 Å². The SMILES string of the molecule is CO[C@H]1O[C@H](C)[C@@H](N=[N+]=[N-])[C@H](O)[C@@H]1O. The number of hydrogen-bond donors (Lipinski definition) is 2. The molecule has 0 bridgehead atoms. The van der Waals surface area contributed by atoms with E-state index in [1.807, 2.05) is 0 Å². The lowest BCUT2D eigenvalue weighted by atomic mass is 9.98. The third kappa shape index (κ3) is 1.97. The summed E-state index contributed by atoms with van der Waals surface area (Å²) >= 11 is 0. The van der Waals surface area contributed by atoms with Crippen LogP contribution >= 0.6 is 0 Å². The van der Waals surface area contributed by atoms with E-state index in [9.17, 15) is 10.2 Å². The van der Waals surface area contributed by atoms with Crippen LogP contribution in [0.5, 0.6) is 0 Å². The van der Waals surface area contributed by atoms with Gasteiger partial charge >= 0.3 is 0 Å². The summed E-state index contributed by atoms with van der Waals surface area (Å²) < 4.78 is 9.99. The Morgan fingerprint density at radius 3 is 2.57 bits per heavy atom. The third-order valence-electron chi connectivity index (χ3n) is 2.23. The number of ether oxygens (including phenoxy) is 2. The highest BCUT2D eigenvalue weighted by Gasteiger charge is 2.42. The topological polar surface area (TPSA) is 108 Å². The molecule has 0 radical (unpaired) electrons. The van der Waals surface area contributed by atoms with Crippen molar-refractivity contribution in [3.05, 3.63) is 10.4 Å². The minimum atomic E-state index is -1.20. The predicted octanol–water partition coefficient (Wildman–Crippen LogP) is -0.222. The molecular weight excluding hydrogens is 190 g/mol. The molecule has 1 fully saturated rings. The summed E-state index contributed by atoms with van der Waals surface area (Å²) in [5, 5.41) is 22.4. The van der Waals surface area contributed by atoms with Crippen LogP contribution < -0.4 is 0 Å². The van der Waals surface area contributed by atoms with Crippen molar-refractivity contribution < 1.29 is 19.7 Å². The standard InChI is InChI=1S/C7H13N3O4/c1-3-4(9-10-8)5(11)6(12)7(13-2)14-3/h3-7,11-12H,1-2H3/t3-,4-,5+,6+,7+/m1/s1. The summed E-state index contributed by atoms with van der Waals surface area (Å²) in [4.78, 5) is 2.58. The lowest BCUT2D eigenvalue weighted by Crippen LogP contribution is -2.56. The fourth-order valence-electron chi connectivity index (χ4n) is 1.43. The first-order valence-corrected chi connectivity index (χ1v) is 4.20. The second-order valence-electron chi connectivity index (χ2n) is 3.12. The lowest BCUT2D eigenvalue weighted by Gasteiger charge is -2.38. The van der Waals surface area contributed by atoms with Crippen LogP contribution in [0, 0.1) is 0 Å².